The van der Waals surface area contributed by atoms with Gasteiger partial charge in [-0.2, -0.15) is 0 Å². The van der Waals surface area contributed by atoms with Crippen LogP contribution < -0.4 is 14.8 Å². The Morgan fingerprint density at radius 2 is 1.83 bits per heavy atom. The van der Waals surface area contributed by atoms with E-state index in [1.165, 1.54) is 0 Å². The summed E-state index contributed by atoms with van der Waals surface area (Å²) in [5, 5.41) is 3.63. The summed E-state index contributed by atoms with van der Waals surface area (Å²) in [6.45, 7) is 2.66. The summed E-state index contributed by atoms with van der Waals surface area (Å²) in [4.78, 5) is 11.9. The van der Waals surface area contributed by atoms with Gasteiger partial charge in [0.25, 0.3) is 5.91 Å². The monoisotopic (exact) mass is 367 g/mol. The van der Waals surface area contributed by atoms with Gasteiger partial charge in [-0.25, -0.2) is 0 Å². The molecule has 2 rings (SSSR count). The number of nitrogens with one attached hydrogen (secondary N) is 1. The minimum absolute atomic E-state index is 0.143. The van der Waals surface area contributed by atoms with Crippen LogP contribution in [0.4, 0.5) is 5.69 Å². The third-order valence-corrected chi connectivity index (χ3v) is 3.69. The van der Waals surface area contributed by atoms with E-state index in [1.807, 2.05) is 12.1 Å². The summed E-state index contributed by atoms with van der Waals surface area (Å²) in [5.74, 6) is 0.919. The van der Waals surface area contributed by atoms with Gasteiger partial charge in [-0.05, 0) is 48.9 Å². The number of amides is 1. The SMILES string of the molecule is CCCCOc1ccc(NC(=O)COc2ccc(Cl)cc2Cl)cc1. The largest absolute Gasteiger partial charge is 0.494 e. The molecule has 0 spiro atoms. The first-order chi connectivity index (χ1) is 11.6. The average Bonchev–Trinajstić information content (AvgIpc) is 2.56. The normalized spacial score (nSPS) is 10.3. The van der Waals surface area contributed by atoms with Crippen molar-refractivity contribution in [2.24, 2.45) is 0 Å². The summed E-state index contributed by atoms with van der Waals surface area (Å²) in [6, 6.07) is 12.1. The molecule has 0 aliphatic carbocycles. The molecule has 24 heavy (non-hydrogen) atoms. The molecule has 2 aromatic carbocycles. The maximum atomic E-state index is 11.9. The summed E-state index contributed by atoms with van der Waals surface area (Å²) in [7, 11) is 0. The maximum Gasteiger partial charge on any atom is 0.262 e. The second-order valence-corrected chi connectivity index (χ2v) is 5.98. The lowest BCUT2D eigenvalue weighted by molar-refractivity contribution is -0.118. The van der Waals surface area contributed by atoms with Crippen molar-refractivity contribution in [3.05, 3.63) is 52.5 Å². The van der Waals surface area contributed by atoms with Gasteiger partial charge in [0.1, 0.15) is 11.5 Å². The summed E-state index contributed by atoms with van der Waals surface area (Å²) in [5.41, 5.74) is 0.675. The first-order valence-electron chi connectivity index (χ1n) is 7.69. The van der Waals surface area contributed by atoms with E-state index in [1.54, 1.807) is 30.3 Å². The summed E-state index contributed by atoms with van der Waals surface area (Å²) >= 11 is 11.8. The Bertz CT molecular complexity index is 674. The third-order valence-electron chi connectivity index (χ3n) is 3.16. The molecule has 4 nitrogen and oxygen atoms in total. The van der Waals surface area contributed by atoms with Gasteiger partial charge in [-0.15, -0.1) is 0 Å². The molecule has 0 fully saturated rings. The first-order valence-corrected chi connectivity index (χ1v) is 8.44. The van der Waals surface area contributed by atoms with E-state index >= 15 is 0 Å². The van der Waals surface area contributed by atoms with E-state index in [0.717, 1.165) is 18.6 Å². The number of hydrogen-bond donors (Lipinski definition) is 1. The molecule has 0 saturated heterocycles. The summed E-state index contributed by atoms with van der Waals surface area (Å²) in [6.07, 6.45) is 2.11. The van der Waals surface area contributed by atoms with Gasteiger partial charge < -0.3 is 14.8 Å². The molecular weight excluding hydrogens is 349 g/mol. The first kappa shape index (κ1) is 18.4. The topological polar surface area (TPSA) is 47.6 Å². The lowest BCUT2D eigenvalue weighted by Crippen LogP contribution is -2.20. The van der Waals surface area contributed by atoms with Gasteiger partial charge >= 0.3 is 0 Å². The van der Waals surface area contributed by atoms with Gasteiger partial charge in [0.15, 0.2) is 6.61 Å². The highest BCUT2D eigenvalue weighted by Crippen LogP contribution is 2.27. The number of rotatable bonds is 8. The Kier molecular flexibility index (Phi) is 7.22. The zero-order valence-electron chi connectivity index (χ0n) is 13.4. The van der Waals surface area contributed by atoms with Crippen LogP contribution in [0, 0.1) is 0 Å². The smallest absolute Gasteiger partial charge is 0.262 e. The molecule has 128 valence electrons. The zero-order chi connectivity index (χ0) is 17.4. The van der Waals surface area contributed by atoms with E-state index < -0.39 is 0 Å². The van der Waals surface area contributed by atoms with Crippen LogP contribution in [0.5, 0.6) is 11.5 Å². The fourth-order valence-electron chi connectivity index (χ4n) is 1.90. The van der Waals surface area contributed by atoms with E-state index in [4.69, 9.17) is 32.7 Å². The number of benzene rings is 2. The minimum Gasteiger partial charge on any atom is -0.494 e. The number of carbonyl (C=O) groups excluding carboxylic acids is 1. The van der Waals surface area contributed by atoms with Crippen LogP contribution in [-0.2, 0) is 4.79 Å². The lowest BCUT2D eigenvalue weighted by atomic mass is 10.3. The Morgan fingerprint density at radius 1 is 1.08 bits per heavy atom. The van der Waals surface area contributed by atoms with Crippen molar-refractivity contribution < 1.29 is 14.3 Å². The number of ether oxygens (including phenoxy) is 2. The van der Waals surface area contributed by atoms with Gasteiger partial charge in [-0.3, -0.25) is 4.79 Å². The Labute approximate surface area is 151 Å². The highest BCUT2D eigenvalue weighted by molar-refractivity contribution is 6.35. The van der Waals surface area contributed by atoms with Gasteiger partial charge in [-0.1, -0.05) is 36.5 Å². The van der Waals surface area contributed by atoms with Crippen molar-refractivity contribution in [1.82, 2.24) is 0 Å². The maximum absolute atomic E-state index is 11.9. The van der Waals surface area contributed by atoms with Gasteiger partial charge in [0, 0.05) is 10.7 Å². The van der Waals surface area contributed by atoms with Gasteiger partial charge in [0.2, 0.25) is 0 Å². The molecule has 0 saturated carbocycles. The van der Waals surface area contributed by atoms with Crippen molar-refractivity contribution >= 4 is 34.8 Å². The van der Waals surface area contributed by atoms with Crippen LogP contribution in [0.15, 0.2) is 42.5 Å². The molecule has 0 heterocycles. The van der Waals surface area contributed by atoms with E-state index in [-0.39, 0.29) is 12.5 Å². The number of anilines is 1. The Morgan fingerprint density at radius 3 is 2.50 bits per heavy atom. The second kappa shape index (κ2) is 9.40. The molecule has 0 unspecified atom stereocenters. The van der Waals surface area contributed by atoms with Crippen LogP contribution in [-0.4, -0.2) is 19.1 Å². The summed E-state index contributed by atoms with van der Waals surface area (Å²) < 4.78 is 11.0. The Hall–Kier alpha value is -1.91. The average molecular weight is 368 g/mol. The molecule has 0 aromatic heterocycles. The van der Waals surface area contributed by atoms with Crippen LogP contribution in [0.1, 0.15) is 19.8 Å². The van der Waals surface area contributed by atoms with Crippen LogP contribution in [0.3, 0.4) is 0 Å². The van der Waals surface area contributed by atoms with Crippen LogP contribution in [0.2, 0.25) is 10.0 Å². The molecular formula is C18H19Cl2NO3. The standard InChI is InChI=1S/C18H19Cl2NO3/c1-2-3-10-23-15-7-5-14(6-8-15)21-18(22)12-24-17-9-4-13(19)11-16(17)20/h4-9,11H,2-3,10,12H2,1H3,(H,21,22). The quantitative estimate of drug-likeness (QED) is 0.653. The predicted molar refractivity (Wildman–Crippen MR) is 97.4 cm³/mol. The van der Waals surface area contributed by atoms with E-state index in [2.05, 4.69) is 12.2 Å². The van der Waals surface area contributed by atoms with Crippen molar-refractivity contribution in [1.29, 1.82) is 0 Å². The number of hydrogen-bond acceptors (Lipinski definition) is 3. The van der Waals surface area contributed by atoms with Crippen LogP contribution in [0.25, 0.3) is 0 Å². The number of unbranched alkanes of at least 4 members (excludes halogenated alkanes) is 1. The van der Waals surface area contributed by atoms with Crippen molar-refractivity contribution in [3.8, 4) is 11.5 Å². The van der Waals surface area contributed by atoms with Crippen molar-refractivity contribution in [2.75, 3.05) is 18.5 Å². The number of halogens is 2. The molecule has 0 bridgehead atoms. The molecule has 0 atom stereocenters. The molecule has 0 aliphatic rings. The van der Waals surface area contributed by atoms with E-state index in [9.17, 15) is 4.79 Å². The van der Waals surface area contributed by atoms with Crippen LogP contribution >= 0.6 is 23.2 Å². The van der Waals surface area contributed by atoms with E-state index in [0.29, 0.717) is 28.1 Å². The predicted octanol–water partition coefficient (Wildman–Crippen LogP) is 5.19. The Balaban J connectivity index is 1.81. The molecule has 0 aliphatic heterocycles. The lowest BCUT2D eigenvalue weighted by Gasteiger charge is -2.10. The minimum atomic E-state index is -0.277. The van der Waals surface area contributed by atoms with Crippen molar-refractivity contribution in [2.45, 2.75) is 19.8 Å². The molecule has 2 aromatic rings. The second-order valence-electron chi connectivity index (χ2n) is 5.14. The fourth-order valence-corrected chi connectivity index (χ4v) is 2.36. The van der Waals surface area contributed by atoms with Gasteiger partial charge in [0.05, 0.1) is 11.6 Å². The number of carbonyl (C=O) groups is 1. The molecule has 6 heteroatoms. The highest BCUT2D eigenvalue weighted by atomic mass is 35.5. The fraction of sp³-hybridized carbons (Fsp3) is 0.278. The highest BCUT2D eigenvalue weighted by Gasteiger charge is 2.07. The molecule has 1 N–H and O–H groups in total. The molecule has 1 amide bonds. The third kappa shape index (κ3) is 5.95. The zero-order valence-corrected chi connectivity index (χ0v) is 14.9. The van der Waals surface area contributed by atoms with Crippen molar-refractivity contribution in [3.63, 3.8) is 0 Å². The molecule has 0 radical (unpaired) electrons.